The van der Waals surface area contributed by atoms with Crippen molar-refractivity contribution in [2.75, 3.05) is 32.8 Å². The summed E-state index contributed by atoms with van der Waals surface area (Å²) >= 11 is 5.77. The van der Waals surface area contributed by atoms with Crippen molar-refractivity contribution in [2.45, 2.75) is 11.8 Å². The van der Waals surface area contributed by atoms with Crippen LogP contribution in [-0.2, 0) is 24.3 Å². The molecule has 1 aliphatic heterocycles. The van der Waals surface area contributed by atoms with Gasteiger partial charge in [0.15, 0.2) is 6.61 Å². The molecule has 1 aromatic rings. The molecule has 0 unspecified atom stereocenters. The molecule has 7 nitrogen and oxygen atoms in total. The summed E-state index contributed by atoms with van der Waals surface area (Å²) in [5, 5.41) is 0.463. The van der Waals surface area contributed by atoms with Crippen LogP contribution in [0, 0.1) is 0 Å². The average molecular weight is 361 g/mol. The number of amides is 1. The molecule has 1 aromatic carbocycles. The number of halogens is 1. The summed E-state index contributed by atoms with van der Waals surface area (Å²) in [6.07, 6.45) is 0. The molecular weight excluding hydrogens is 344 g/mol. The van der Waals surface area contributed by atoms with E-state index in [9.17, 15) is 18.0 Å². The third kappa shape index (κ3) is 4.43. The van der Waals surface area contributed by atoms with Crippen LogP contribution in [0.1, 0.15) is 6.92 Å². The molecule has 2 rings (SSSR count). The highest BCUT2D eigenvalue weighted by Crippen LogP contribution is 2.19. The summed E-state index contributed by atoms with van der Waals surface area (Å²) in [7, 11) is -3.60. The van der Waals surface area contributed by atoms with E-state index in [1.807, 2.05) is 0 Å². The molecule has 0 saturated carbocycles. The Labute approximate surface area is 139 Å². The second-order valence-corrected chi connectivity index (χ2v) is 7.39. The Morgan fingerprint density at radius 2 is 1.70 bits per heavy atom. The first-order valence-corrected chi connectivity index (χ1v) is 8.79. The number of ether oxygens (including phenoxy) is 1. The Morgan fingerprint density at radius 3 is 2.22 bits per heavy atom. The van der Waals surface area contributed by atoms with Gasteiger partial charge in [0.2, 0.25) is 10.0 Å². The van der Waals surface area contributed by atoms with E-state index in [1.165, 1.54) is 40.4 Å². The Balaban J connectivity index is 1.97. The van der Waals surface area contributed by atoms with Crippen molar-refractivity contribution in [1.29, 1.82) is 0 Å². The van der Waals surface area contributed by atoms with Gasteiger partial charge in [0.1, 0.15) is 0 Å². The third-order valence-corrected chi connectivity index (χ3v) is 5.61. The van der Waals surface area contributed by atoms with Crippen LogP contribution in [0.2, 0.25) is 5.02 Å². The van der Waals surface area contributed by atoms with E-state index >= 15 is 0 Å². The Kier molecular flexibility index (Phi) is 5.61. The number of hydrogen-bond donors (Lipinski definition) is 0. The van der Waals surface area contributed by atoms with Gasteiger partial charge in [0, 0.05) is 38.1 Å². The molecule has 1 amide bonds. The quantitative estimate of drug-likeness (QED) is 0.739. The van der Waals surface area contributed by atoms with Gasteiger partial charge in [-0.15, -0.1) is 0 Å². The molecule has 0 bridgehead atoms. The molecule has 23 heavy (non-hydrogen) atoms. The zero-order chi connectivity index (χ0) is 17.0. The summed E-state index contributed by atoms with van der Waals surface area (Å²) < 4.78 is 31.0. The summed E-state index contributed by atoms with van der Waals surface area (Å²) in [4.78, 5) is 24.2. The van der Waals surface area contributed by atoms with Crippen molar-refractivity contribution in [2.24, 2.45) is 0 Å². The number of nitrogens with zero attached hydrogens (tertiary/aromatic N) is 2. The zero-order valence-electron chi connectivity index (χ0n) is 12.6. The van der Waals surface area contributed by atoms with E-state index in [2.05, 4.69) is 4.74 Å². The van der Waals surface area contributed by atoms with E-state index in [0.29, 0.717) is 5.02 Å². The number of sulfonamides is 1. The number of carbonyl (C=O) groups is 2. The van der Waals surface area contributed by atoms with Crippen LogP contribution >= 0.6 is 11.6 Å². The lowest BCUT2D eigenvalue weighted by atomic mass is 10.3. The number of esters is 1. The van der Waals surface area contributed by atoms with E-state index in [0.717, 1.165) is 0 Å². The van der Waals surface area contributed by atoms with Gasteiger partial charge in [0.05, 0.1) is 4.90 Å². The Hall–Kier alpha value is -1.64. The summed E-state index contributed by atoms with van der Waals surface area (Å²) in [6.45, 7) is 1.80. The standard InChI is InChI=1S/C14H17ClN2O5S/c1-11(18)22-10-14(19)16-6-8-17(9-7-16)23(20,21)13-4-2-12(15)3-5-13/h2-5H,6-10H2,1H3. The highest BCUT2D eigenvalue weighted by Gasteiger charge is 2.30. The van der Waals surface area contributed by atoms with Crippen molar-refractivity contribution in [1.82, 2.24) is 9.21 Å². The Bertz CT molecular complexity index is 682. The maximum absolute atomic E-state index is 12.5. The molecule has 1 aliphatic rings. The van der Waals surface area contributed by atoms with Crippen molar-refractivity contribution >= 4 is 33.5 Å². The van der Waals surface area contributed by atoms with Crippen molar-refractivity contribution < 1.29 is 22.7 Å². The number of rotatable bonds is 4. The molecule has 0 aromatic heterocycles. The van der Waals surface area contributed by atoms with Crippen LogP contribution in [0.25, 0.3) is 0 Å². The van der Waals surface area contributed by atoms with Gasteiger partial charge < -0.3 is 9.64 Å². The molecule has 0 radical (unpaired) electrons. The lowest BCUT2D eigenvalue weighted by molar-refractivity contribution is -0.150. The average Bonchev–Trinajstić information content (AvgIpc) is 2.53. The fourth-order valence-electron chi connectivity index (χ4n) is 2.19. The van der Waals surface area contributed by atoms with Crippen LogP contribution in [0.5, 0.6) is 0 Å². The first-order valence-electron chi connectivity index (χ1n) is 6.97. The van der Waals surface area contributed by atoms with E-state index in [4.69, 9.17) is 11.6 Å². The topological polar surface area (TPSA) is 84.0 Å². The molecule has 0 N–H and O–H groups in total. The molecular formula is C14H17ClN2O5S. The third-order valence-electron chi connectivity index (χ3n) is 3.44. The highest BCUT2D eigenvalue weighted by atomic mass is 35.5. The lowest BCUT2D eigenvalue weighted by Gasteiger charge is -2.33. The van der Waals surface area contributed by atoms with Gasteiger partial charge in [0.25, 0.3) is 5.91 Å². The molecule has 126 valence electrons. The largest absolute Gasteiger partial charge is 0.456 e. The molecule has 1 heterocycles. The monoisotopic (exact) mass is 360 g/mol. The van der Waals surface area contributed by atoms with E-state index in [1.54, 1.807) is 0 Å². The van der Waals surface area contributed by atoms with E-state index < -0.39 is 16.0 Å². The van der Waals surface area contributed by atoms with Crippen molar-refractivity contribution in [3.05, 3.63) is 29.3 Å². The van der Waals surface area contributed by atoms with Crippen LogP contribution in [0.4, 0.5) is 0 Å². The zero-order valence-corrected chi connectivity index (χ0v) is 14.1. The number of benzene rings is 1. The van der Waals surface area contributed by atoms with Crippen LogP contribution in [0.15, 0.2) is 29.2 Å². The number of piperazine rings is 1. The second-order valence-electron chi connectivity index (χ2n) is 5.02. The van der Waals surface area contributed by atoms with Gasteiger partial charge in [-0.1, -0.05) is 11.6 Å². The maximum atomic E-state index is 12.5. The van der Waals surface area contributed by atoms with Crippen LogP contribution in [-0.4, -0.2) is 62.3 Å². The second kappa shape index (κ2) is 7.29. The molecule has 0 aliphatic carbocycles. The van der Waals surface area contributed by atoms with Crippen LogP contribution in [0.3, 0.4) is 0 Å². The fourth-order valence-corrected chi connectivity index (χ4v) is 3.74. The van der Waals surface area contributed by atoms with Crippen molar-refractivity contribution in [3.8, 4) is 0 Å². The first kappa shape index (κ1) is 17.7. The predicted molar refractivity (Wildman–Crippen MR) is 83.4 cm³/mol. The minimum absolute atomic E-state index is 0.168. The van der Waals surface area contributed by atoms with Gasteiger partial charge in [-0.25, -0.2) is 8.42 Å². The molecule has 0 atom stereocenters. The minimum Gasteiger partial charge on any atom is -0.456 e. The minimum atomic E-state index is -3.60. The summed E-state index contributed by atoms with van der Waals surface area (Å²) in [6, 6.07) is 5.95. The van der Waals surface area contributed by atoms with Gasteiger partial charge in [-0.2, -0.15) is 4.31 Å². The first-order chi connectivity index (χ1) is 10.8. The van der Waals surface area contributed by atoms with Gasteiger partial charge >= 0.3 is 5.97 Å². The summed E-state index contributed by atoms with van der Waals surface area (Å²) in [5.41, 5.74) is 0. The Morgan fingerprint density at radius 1 is 1.13 bits per heavy atom. The fraction of sp³-hybridized carbons (Fsp3) is 0.429. The molecule has 1 fully saturated rings. The molecule has 1 saturated heterocycles. The van der Waals surface area contributed by atoms with Crippen molar-refractivity contribution in [3.63, 3.8) is 0 Å². The molecule has 9 heteroatoms. The van der Waals surface area contributed by atoms with Crippen LogP contribution < -0.4 is 0 Å². The molecule has 0 spiro atoms. The SMILES string of the molecule is CC(=O)OCC(=O)N1CCN(S(=O)(=O)c2ccc(Cl)cc2)CC1. The van der Waals surface area contributed by atoms with E-state index in [-0.39, 0.29) is 43.6 Å². The van der Waals surface area contributed by atoms with Gasteiger partial charge in [-0.3, -0.25) is 9.59 Å². The number of carbonyl (C=O) groups excluding carboxylic acids is 2. The summed E-state index contributed by atoms with van der Waals surface area (Å²) in [5.74, 6) is -0.856. The maximum Gasteiger partial charge on any atom is 0.303 e. The normalized spacial score (nSPS) is 16.2. The smallest absolute Gasteiger partial charge is 0.303 e. The van der Waals surface area contributed by atoms with Gasteiger partial charge in [-0.05, 0) is 24.3 Å². The number of hydrogen-bond acceptors (Lipinski definition) is 5. The lowest BCUT2D eigenvalue weighted by Crippen LogP contribution is -2.51. The predicted octanol–water partition coefficient (Wildman–Crippen LogP) is 0.736. The highest BCUT2D eigenvalue weighted by molar-refractivity contribution is 7.89.